The number of hydrogen-bond acceptors (Lipinski definition) is 6. The summed E-state index contributed by atoms with van der Waals surface area (Å²) in [5, 5.41) is 10.8. The minimum atomic E-state index is -1.02. The van der Waals surface area contributed by atoms with Crippen molar-refractivity contribution in [3.8, 4) is 0 Å². The number of ether oxygens (including phenoxy) is 2. The van der Waals surface area contributed by atoms with Crippen molar-refractivity contribution in [2.75, 3.05) is 26.4 Å². The van der Waals surface area contributed by atoms with E-state index in [2.05, 4.69) is 5.32 Å². The largest absolute Gasteiger partial charge is 0.480 e. The molecular weight excluding hydrogens is 382 g/mol. The summed E-state index contributed by atoms with van der Waals surface area (Å²) in [6.45, 7) is 0.566. The van der Waals surface area contributed by atoms with Gasteiger partial charge in [-0.1, -0.05) is 6.07 Å². The molecule has 156 valence electrons. The first-order chi connectivity index (χ1) is 13.9. The van der Waals surface area contributed by atoms with Crippen LogP contribution in [0.3, 0.4) is 0 Å². The number of amides is 2. The second kappa shape index (κ2) is 9.01. The molecule has 0 radical (unpaired) electrons. The number of aliphatic carboxylic acids is 1. The van der Waals surface area contributed by atoms with E-state index < -0.39 is 17.9 Å². The number of imide groups is 1. The maximum atomic E-state index is 12.7. The van der Waals surface area contributed by atoms with Gasteiger partial charge in [0.15, 0.2) is 0 Å². The van der Waals surface area contributed by atoms with Crippen LogP contribution in [0.1, 0.15) is 24.4 Å². The van der Waals surface area contributed by atoms with Gasteiger partial charge in [-0.15, -0.1) is 0 Å². The predicted octanol–water partition coefficient (Wildman–Crippen LogP) is -0.0220. The average Bonchev–Trinajstić information content (AvgIpc) is 2.92. The highest BCUT2D eigenvalue weighted by molar-refractivity contribution is 6.00. The molecule has 2 amide bonds. The number of benzene rings is 1. The molecule has 1 aliphatic rings. The fraction of sp³-hybridized carbons (Fsp3) is 0.474. The fourth-order valence-electron chi connectivity index (χ4n) is 3.36. The third kappa shape index (κ3) is 4.72. The van der Waals surface area contributed by atoms with Crippen LogP contribution in [0.2, 0.25) is 0 Å². The summed E-state index contributed by atoms with van der Waals surface area (Å²) in [4.78, 5) is 46.6. The number of carboxylic acid groups (broad SMARTS) is 1. The van der Waals surface area contributed by atoms with Crippen molar-refractivity contribution in [1.29, 1.82) is 0 Å². The smallest absolute Gasteiger partial charge is 0.329 e. The molecule has 1 unspecified atom stereocenters. The summed E-state index contributed by atoms with van der Waals surface area (Å²) >= 11 is 0. The van der Waals surface area contributed by atoms with Crippen molar-refractivity contribution in [2.24, 2.45) is 7.05 Å². The van der Waals surface area contributed by atoms with E-state index >= 15 is 0 Å². The van der Waals surface area contributed by atoms with E-state index in [-0.39, 0.29) is 31.2 Å². The first-order valence-electron chi connectivity index (χ1n) is 9.29. The molecule has 1 aliphatic heterocycles. The van der Waals surface area contributed by atoms with Gasteiger partial charge in [0, 0.05) is 13.5 Å². The van der Waals surface area contributed by atoms with Crippen molar-refractivity contribution < 1.29 is 29.0 Å². The number of carboxylic acids is 1. The summed E-state index contributed by atoms with van der Waals surface area (Å²) < 4.78 is 13.3. The Hall–Kier alpha value is -2.98. The number of carbonyl (C=O) groups excluding carboxylic acids is 2. The molecule has 1 fully saturated rings. The van der Waals surface area contributed by atoms with E-state index in [4.69, 9.17) is 14.6 Å². The third-order valence-corrected chi connectivity index (χ3v) is 4.81. The van der Waals surface area contributed by atoms with E-state index in [0.717, 1.165) is 5.56 Å². The molecule has 29 heavy (non-hydrogen) atoms. The number of imidazole rings is 1. The molecule has 10 heteroatoms. The molecule has 0 bridgehead atoms. The highest BCUT2D eigenvalue weighted by Crippen LogP contribution is 2.23. The topological polar surface area (TPSA) is 129 Å². The minimum absolute atomic E-state index is 0.199. The summed E-state index contributed by atoms with van der Waals surface area (Å²) in [6, 6.07) is 4.84. The number of aromatic nitrogens is 2. The predicted molar refractivity (Wildman–Crippen MR) is 102 cm³/mol. The van der Waals surface area contributed by atoms with Crippen molar-refractivity contribution >= 4 is 28.8 Å². The number of piperidine rings is 1. The Kier molecular flexibility index (Phi) is 6.45. The first-order valence-corrected chi connectivity index (χ1v) is 9.29. The van der Waals surface area contributed by atoms with E-state index in [9.17, 15) is 19.2 Å². The number of fused-ring (bicyclic) bond motifs is 1. The van der Waals surface area contributed by atoms with Gasteiger partial charge in [-0.3, -0.25) is 24.0 Å². The molecule has 2 N–H and O–H groups in total. The molecule has 1 atom stereocenters. The molecule has 2 aromatic rings. The van der Waals surface area contributed by atoms with Gasteiger partial charge in [0.05, 0.1) is 30.9 Å². The van der Waals surface area contributed by atoms with Gasteiger partial charge in [-0.2, -0.15) is 0 Å². The maximum absolute atomic E-state index is 12.7. The lowest BCUT2D eigenvalue weighted by Gasteiger charge is -2.21. The van der Waals surface area contributed by atoms with E-state index in [1.54, 1.807) is 13.1 Å². The van der Waals surface area contributed by atoms with Crippen LogP contribution in [0, 0.1) is 0 Å². The lowest BCUT2D eigenvalue weighted by Crippen LogP contribution is -2.44. The molecule has 0 spiro atoms. The van der Waals surface area contributed by atoms with Crippen LogP contribution in [-0.4, -0.2) is 58.5 Å². The Balaban J connectivity index is 1.67. The highest BCUT2D eigenvalue weighted by atomic mass is 16.5. The minimum Gasteiger partial charge on any atom is -0.480 e. The maximum Gasteiger partial charge on any atom is 0.329 e. The highest BCUT2D eigenvalue weighted by Gasteiger charge is 2.31. The molecule has 1 aromatic carbocycles. The van der Waals surface area contributed by atoms with Gasteiger partial charge >= 0.3 is 11.7 Å². The van der Waals surface area contributed by atoms with Crippen LogP contribution in [0.5, 0.6) is 0 Å². The molecule has 3 rings (SSSR count). The summed E-state index contributed by atoms with van der Waals surface area (Å²) in [6.07, 6.45) is 1.10. The van der Waals surface area contributed by atoms with E-state index in [1.165, 1.54) is 9.13 Å². The van der Waals surface area contributed by atoms with Crippen LogP contribution in [0.25, 0.3) is 11.0 Å². The zero-order valence-corrected chi connectivity index (χ0v) is 16.1. The summed E-state index contributed by atoms with van der Waals surface area (Å²) in [5.41, 5.74) is 1.99. The fourth-order valence-corrected chi connectivity index (χ4v) is 3.36. The van der Waals surface area contributed by atoms with Gasteiger partial charge in [-0.05, 0) is 30.5 Å². The SMILES string of the molecule is Cn1c(=O)n(C2CCC(=O)NC2=O)c2ccc(CCOCCOCC(=O)O)cc21. The van der Waals surface area contributed by atoms with Crippen LogP contribution < -0.4 is 11.0 Å². The number of carbonyl (C=O) groups is 3. The van der Waals surface area contributed by atoms with Crippen molar-refractivity contribution in [3.63, 3.8) is 0 Å². The monoisotopic (exact) mass is 405 g/mol. The number of nitrogens with one attached hydrogen (secondary N) is 1. The molecule has 10 nitrogen and oxygen atoms in total. The lowest BCUT2D eigenvalue weighted by molar-refractivity contribution is -0.142. The van der Waals surface area contributed by atoms with Crippen LogP contribution >= 0.6 is 0 Å². The number of aryl methyl sites for hydroxylation is 1. The number of rotatable bonds is 9. The molecule has 2 heterocycles. The third-order valence-electron chi connectivity index (χ3n) is 4.81. The standard InChI is InChI=1S/C19H23N3O7/c1-21-15-10-12(6-7-28-8-9-29-11-17(24)25)2-3-13(15)22(19(21)27)14-4-5-16(23)20-18(14)26/h2-3,10,14H,4-9,11H2,1H3,(H,24,25)(H,20,23,26). The Morgan fingerprint density at radius 1 is 1.17 bits per heavy atom. The van der Waals surface area contributed by atoms with Crippen molar-refractivity contribution in [1.82, 2.24) is 14.5 Å². The van der Waals surface area contributed by atoms with E-state index in [1.807, 2.05) is 12.1 Å². The van der Waals surface area contributed by atoms with Gasteiger partial charge in [0.1, 0.15) is 12.6 Å². The molecule has 0 saturated carbocycles. The Labute approximate surface area is 166 Å². The Bertz CT molecular complexity index is 992. The van der Waals surface area contributed by atoms with Crippen LogP contribution in [-0.2, 0) is 37.3 Å². The molecular formula is C19H23N3O7. The van der Waals surface area contributed by atoms with Gasteiger partial charge in [0.25, 0.3) is 0 Å². The van der Waals surface area contributed by atoms with Gasteiger partial charge in [-0.25, -0.2) is 9.59 Å². The Morgan fingerprint density at radius 3 is 2.66 bits per heavy atom. The molecule has 1 aromatic heterocycles. The van der Waals surface area contributed by atoms with Gasteiger partial charge in [0.2, 0.25) is 11.8 Å². The number of nitrogens with zero attached hydrogens (tertiary/aromatic N) is 2. The van der Waals surface area contributed by atoms with Crippen LogP contribution in [0.15, 0.2) is 23.0 Å². The second-order valence-electron chi connectivity index (χ2n) is 6.81. The van der Waals surface area contributed by atoms with Crippen molar-refractivity contribution in [3.05, 3.63) is 34.2 Å². The molecule has 0 aliphatic carbocycles. The first kappa shape index (κ1) is 20.7. The average molecular weight is 405 g/mol. The summed E-state index contributed by atoms with van der Waals surface area (Å²) in [7, 11) is 1.65. The van der Waals surface area contributed by atoms with E-state index in [0.29, 0.717) is 37.1 Å². The van der Waals surface area contributed by atoms with Crippen molar-refractivity contribution in [2.45, 2.75) is 25.3 Å². The van der Waals surface area contributed by atoms with Crippen LogP contribution in [0.4, 0.5) is 0 Å². The zero-order chi connectivity index (χ0) is 21.0. The quantitative estimate of drug-likeness (QED) is 0.443. The second-order valence-corrected chi connectivity index (χ2v) is 6.81. The normalized spacial score (nSPS) is 16.9. The lowest BCUT2D eigenvalue weighted by atomic mass is 10.1. The molecule has 1 saturated heterocycles. The zero-order valence-electron chi connectivity index (χ0n) is 16.1. The Morgan fingerprint density at radius 2 is 1.93 bits per heavy atom. The number of hydrogen-bond donors (Lipinski definition) is 2. The van der Waals surface area contributed by atoms with Gasteiger partial charge < -0.3 is 14.6 Å². The summed E-state index contributed by atoms with van der Waals surface area (Å²) in [5.74, 6) is -1.80.